The maximum Gasteiger partial charge on any atom is 0.141 e. The van der Waals surface area contributed by atoms with E-state index in [-0.39, 0.29) is 5.56 Å². The molecule has 8 nitrogen and oxygen atoms in total. The minimum absolute atomic E-state index is 0.0165. The molecule has 186 valence electrons. The molecule has 1 fully saturated rings. The molecule has 1 N–H and O–H groups in total. The van der Waals surface area contributed by atoms with Crippen molar-refractivity contribution in [2.24, 2.45) is 7.05 Å². The van der Waals surface area contributed by atoms with Crippen molar-refractivity contribution in [3.8, 4) is 28.5 Å². The van der Waals surface area contributed by atoms with Crippen LogP contribution in [-0.2, 0) is 13.6 Å². The van der Waals surface area contributed by atoms with Gasteiger partial charge >= 0.3 is 0 Å². The van der Waals surface area contributed by atoms with Crippen LogP contribution in [0, 0.1) is 17.1 Å². The van der Waals surface area contributed by atoms with Crippen molar-refractivity contribution < 1.29 is 9.50 Å². The number of aromatic nitrogens is 5. The summed E-state index contributed by atoms with van der Waals surface area (Å²) >= 11 is 0. The van der Waals surface area contributed by atoms with E-state index in [1.807, 2.05) is 40.6 Å². The Balaban J connectivity index is 1.52. The Hall–Kier alpha value is -4.13. The molecule has 0 radical (unpaired) electrons. The lowest BCUT2D eigenvalue weighted by molar-refractivity contribution is -0.0283. The minimum atomic E-state index is -0.828. The van der Waals surface area contributed by atoms with Gasteiger partial charge in [0.05, 0.1) is 53.2 Å². The third-order valence-electron chi connectivity index (χ3n) is 7.45. The lowest BCUT2D eigenvalue weighted by Gasteiger charge is -2.36. The molecule has 37 heavy (non-hydrogen) atoms. The quantitative estimate of drug-likeness (QED) is 0.403. The summed E-state index contributed by atoms with van der Waals surface area (Å²) in [5, 5.41) is 25.8. The van der Waals surface area contributed by atoms with Crippen LogP contribution in [0.3, 0.4) is 0 Å². The van der Waals surface area contributed by atoms with E-state index in [0.29, 0.717) is 41.7 Å². The van der Waals surface area contributed by atoms with Gasteiger partial charge in [-0.25, -0.2) is 9.37 Å². The third-order valence-corrected chi connectivity index (χ3v) is 7.45. The largest absolute Gasteiger partial charge is 0.388 e. The van der Waals surface area contributed by atoms with Crippen molar-refractivity contribution in [1.29, 1.82) is 5.26 Å². The highest BCUT2D eigenvalue weighted by Gasteiger charge is 2.32. The van der Waals surface area contributed by atoms with Crippen LogP contribution in [0.15, 0.2) is 55.1 Å². The maximum atomic E-state index is 14.8. The lowest BCUT2D eigenvalue weighted by Crippen LogP contribution is -2.45. The van der Waals surface area contributed by atoms with Gasteiger partial charge in [-0.3, -0.25) is 9.67 Å². The number of aryl methyl sites for hydroxylation is 1. The molecule has 0 atom stereocenters. The molecule has 0 amide bonds. The number of nitrogens with zero attached hydrogens (tertiary/aromatic N) is 7. The predicted molar refractivity (Wildman–Crippen MR) is 139 cm³/mol. The van der Waals surface area contributed by atoms with Gasteiger partial charge in [0.1, 0.15) is 17.4 Å². The first-order valence-electron chi connectivity index (χ1n) is 12.2. The van der Waals surface area contributed by atoms with E-state index in [4.69, 9.17) is 9.97 Å². The van der Waals surface area contributed by atoms with E-state index in [9.17, 15) is 14.8 Å². The number of aliphatic hydroxyl groups is 1. The average Bonchev–Trinajstić information content (AvgIpc) is 3.48. The molecule has 9 heteroatoms. The van der Waals surface area contributed by atoms with E-state index in [0.717, 1.165) is 35.1 Å². The summed E-state index contributed by atoms with van der Waals surface area (Å²) in [4.78, 5) is 11.8. The molecule has 4 heterocycles. The van der Waals surface area contributed by atoms with Crippen molar-refractivity contribution in [2.75, 3.05) is 20.1 Å². The molecule has 6 rings (SSSR count). The smallest absolute Gasteiger partial charge is 0.141 e. The average molecular weight is 496 g/mol. The highest BCUT2D eigenvalue weighted by atomic mass is 19.1. The number of fused-ring (bicyclic) bond motifs is 2. The number of likely N-dealkylation sites (tertiary alicyclic amines) is 1. The SMILES string of the molecule is CN1CCC(O)(Cn2cnc3c(-c4ccc(C#N)c(F)c4)c(-c4ccc5c(cnn5C)c4)ncc32)CC1. The van der Waals surface area contributed by atoms with Crippen LogP contribution in [0.1, 0.15) is 18.4 Å². The zero-order chi connectivity index (χ0) is 25.7. The van der Waals surface area contributed by atoms with Gasteiger partial charge in [0.25, 0.3) is 0 Å². The molecule has 0 aliphatic carbocycles. The molecule has 1 saturated heterocycles. The summed E-state index contributed by atoms with van der Waals surface area (Å²) < 4.78 is 18.5. The first-order chi connectivity index (χ1) is 17.8. The minimum Gasteiger partial charge on any atom is -0.388 e. The first-order valence-corrected chi connectivity index (χ1v) is 12.2. The number of piperidine rings is 1. The Kier molecular flexibility index (Phi) is 5.51. The lowest BCUT2D eigenvalue weighted by atomic mass is 9.91. The van der Waals surface area contributed by atoms with Crippen molar-refractivity contribution in [2.45, 2.75) is 25.0 Å². The molecule has 2 aromatic carbocycles. The van der Waals surface area contributed by atoms with E-state index in [2.05, 4.69) is 17.0 Å². The van der Waals surface area contributed by atoms with Crippen LogP contribution in [0.2, 0.25) is 0 Å². The van der Waals surface area contributed by atoms with Gasteiger partial charge in [-0.15, -0.1) is 0 Å². The first kappa shape index (κ1) is 23.3. The molecule has 0 spiro atoms. The highest BCUT2D eigenvalue weighted by molar-refractivity contribution is 6.00. The van der Waals surface area contributed by atoms with E-state index >= 15 is 0 Å². The fourth-order valence-corrected chi connectivity index (χ4v) is 5.22. The second-order valence-corrected chi connectivity index (χ2v) is 9.96. The number of halogens is 1. The van der Waals surface area contributed by atoms with Crippen LogP contribution in [0.4, 0.5) is 4.39 Å². The Morgan fingerprint density at radius 3 is 2.57 bits per heavy atom. The molecule has 0 bridgehead atoms. The number of hydrogen-bond donors (Lipinski definition) is 1. The Labute approximate surface area is 213 Å². The second-order valence-electron chi connectivity index (χ2n) is 9.96. The van der Waals surface area contributed by atoms with E-state index < -0.39 is 11.4 Å². The number of benzene rings is 2. The van der Waals surface area contributed by atoms with Crippen molar-refractivity contribution in [1.82, 2.24) is 29.2 Å². The van der Waals surface area contributed by atoms with Gasteiger partial charge < -0.3 is 14.6 Å². The van der Waals surface area contributed by atoms with Crippen LogP contribution in [0.25, 0.3) is 44.3 Å². The molecule has 3 aromatic heterocycles. The second kappa shape index (κ2) is 8.76. The van der Waals surface area contributed by atoms with Gasteiger partial charge in [0, 0.05) is 36.7 Å². The van der Waals surface area contributed by atoms with E-state index in [1.165, 1.54) is 12.1 Å². The maximum absolute atomic E-state index is 14.8. The summed E-state index contributed by atoms with van der Waals surface area (Å²) in [6.45, 7) is 2.07. The van der Waals surface area contributed by atoms with Gasteiger partial charge in [-0.2, -0.15) is 10.4 Å². The van der Waals surface area contributed by atoms with Crippen molar-refractivity contribution in [3.05, 3.63) is 66.5 Å². The molecule has 0 unspecified atom stereocenters. The fraction of sp³-hybridized carbons (Fsp3) is 0.286. The Bertz CT molecular complexity index is 1690. The van der Waals surface area contributed by atoms with Gasteiger partial charge in [0.15, 0.2) is 0 Å². The summed E-state index contributed by atoms with van der Waals surface area (Å²) in [6, 6.07) is 12.4. The summed E-state index contributed by atoms with van der Waals surface area (Å²) in [7, 11) is 3.95. The van der Waals surface area contributed by atoms with Gasteiger partial charge in [0.2, 0.25) is 0 Å². The standard InChI is InChI=1S/C28H26FN7O/c1-34-9-7-28(37,8-10-34)16-36-17-32-27-24(36)15-31-26(19-5-6-23-21(11-19)14-33-35(23)2)25(27)18-3-4-20(13-30)22(29)12-18/h3-6,11-12,14-15,17,37H,7-10,16H2,1-2H3. The number of hydrogen-bond acceptors (Lipinski definition) is 6. The van der Waals surface area contributed by atoms with Crippen molar-refractivity contribution >= 4 is 21.9 Å². The molecule has 0 saturated carbocycles. The van der Waals surface area contributed by atoms with Crippen LogP contribution in [-0.4, -0.2) is 60.1 Å². The van der Waals surface area contributed by atoms with Crippen LogP contribution >= 0.6 is 0 Å². The molecule has 1 aliphatic rings. The number of nitriles is 1. The summed E-state index contributed by atoms with van der Waals surface area (Å²) in [6.07, 6.45) is 6.64. The Morgan fingerprint density at radius 2 is 1.81 bits per heavy atom. The Morgan fingerprint density at radius 1 is 1.03 bits per heavy atom. The van der Waals surface area contributed by atoms with Gasteiger partial charge in [-0.05, 0) is 49.7 Å². The number of pyridine rings is 1. The van der Waals surface area contributed by atoms with E-state index in [1.54, 1.807) is 24.8 Å². The van der Waals surface area contributed by atoms with Gasteiger partial charge in [-0.1, -0.05) is 12.1 Å². The normalized spacial score (nSPS) is 15.9. The molecular formula is C28H26FN7O. The van der Waals surface area contributed by atoms with Crippen LogP contribution in [0.5, 0.6) is 0 Å². The topological polar surface area (TPSA) is 95.8 Å². The number of imidazole rings is 1. The molecular weight excluding hydrogens is 469 g/mol. The predicted octanol–water partition coefficient (Wildman–Crippen LogP) is 4.12. The molecule has 5 aromatic rings. The summed E-state index contributed by atoms with van der Waals surface area (Å²) in [5.74, 6) is -0.592. The third kappa shape index (κ3) is 4.04. The zero-order valence-electron chi connectivity index (χ0n) is 20.7. The number of rotatable bonds is 4. The zero-order valence-corrected chi connectivity index (χ0v) is 20.7. The van der Waals surface area contributed by atoms with Crippen LogP contribution < -0.4 is 0 Å². The fourth-order valence-electron chi connectivity index (χ4n) is 5.22. The van der Waals surface area contributed by atoms with Crippen molar-refractivity contribution in [3.63, 3.8) is 0 Å². The summed E-state index contributed by atoms with van der Waals surface area (Å²) in [5.41, 5.74) is 4.35. The molecule has 1 aliphatic heterocycles. The highest BCUT2D eigenvalue weighted by Crippen LogP contribution is 2.38. The monoisotopic (exact) mass is 495 g/mol.